The van der Waals surface area contributed by atoms with E-state index in [1.807, 2.05) is 12.3 Å². The number of ketones is 1. The monoisotopic (exact) mass is 429 g/mol. The molecule has 30 heavy (non-hydrogen) atoms. The van der Waals surface area contributed by atoms with E-state index in [1.54, 1.807) is 24.3 Å². The minimum atomic E-state index is -0.185. The predicted molar refractivity (Wildman–Crippen MR) is 120 cm³/mol. The average molecular weight is 430 g/mol. The molecule has 0 aliphatic carbocycles. The van der Waals surface area contributed by atoms with Crippen LogP contribution in [0.25, 0.3) is 0 Å². The van der Waals surface area contributed by atoms with Crippen molar-refractivity contribution in [3.05, 3.63) is 40.9 Å². The van der Waals surface area contributed by atoms with E-state index in [-0.39, 0.29) is 24.5 Å². The Balaban J connectivity index is 1.44. The van der Waals surface area contributed by atoms with Crippen molar-refractivity contribution < 1.29 is 14.3 Å². The number of benzene rings is 1. The molecule has 3 rings (SSSR count). The molecule has 7 heteroatoms. The number of Topliss-reactive ketones (excluding diaryl/α,β-unsaturated/α-hetero) is 1. The molecule has 1 aromatic carbocycles. The van der Waals surface area contributed by atoms with Crippen molar-refractivity contribution in [2.75, 3.05) is 25.0 Å². The highest BCUT2D eigenvalue weighted by molar-refractivity contribution is 7.13. The maximum Gasteiger partial charge on any atom is 0.226 e. The number of rotatable bonds is 9. The van der Waals surface area contributed by atoms with Crippen LogP contribution < -0.4 is 10.1 Å². The summed E-state index contributed by atoms with van der Waals surface area (Å²) in [4.78, 5) is 31.5. The van der Waals surface area contributed by atoms with Gasteiger partial charge in [0.05, 0.1) is 12.3 Å². The smallest absolute Gasteiger partial charge is 0.226 e. The number of piperidine rings is 1. The number of hydrogen-bond donors (Lipinski definition) is 1. The highest BCUT2D eigenvalue weighted by Gasteiger charge is 2.22. The van der Waals surface area contributed by atoms with Crippen LogP contribution in [-0.2, 0) is 11.3 Å². The van der Waals surface area contributed by atoms with Crippen molar-refractivity contribution in [2.45, 2.75) is 46.6 Å². The molecule has 1 aliphatic rings. The molecule has 162 valence electrons. The topological polar surface area (TPSA) is 71.5 Å². The second kappa shape index (κ2) is 10.7. The van der Waals surface area contributed by atoms with Gasteiger partial charge in [0, 0.05) is 43.4 Å². The number of anilines is 1. The minimum absolute atomic E-state index is 0.0543. The van der Waals surface area contributed by atoms with Crippen molar-refractivity contribution in [3.8, 4) is 5.75 Å². The molecule has 2 aromatic rings. The summed E-state index contributed by atoms with van der Waals surface area (Å²) in [6, 6.07) is 7.02. The number of hydrogen-bond acceptors (Lipinski definition) is 6. The Labute approximate surface area is 182 Å². The first-order chi connectivity index (χ1) is 14.4. The third-order valence-corrected chi connectivity index (χ3v) is 6.00. The predicted octanol–water partition coefficient (Wildman–Crippen LogP) is 4.62. The van der Waals surface area contributed by atoms with Gasteiger partial charge in [-0.2, -0.15) is 0 Å². The largest absolute Gasteiger partial charge is 0.494 e. The molecule has 2 heterocycles. The molecule has 6 nitrogen and oxygen atoms in total. The van der Waals surface area contributed by atoms with Crippen molar-refractivity contribution >= 4 is 28.2 Å². The lowest BCUT2D eigenvalue weighted by Crippen LogP contribution is -2.38. The number of aromatic nitrogens is 1. The standard InChI is InChI=1S/C23H31N3O3S/c1-4-29-20-7-5-18(6-8-20)21(27)9-10-22(28)25-23-24-19(15-30-23)14-26-12-16(2)11-17(3)13-26/h5-8,15-17H,4,9-14H2,1-3H3,(H,24,25,28)/t16-,17+. The van der Waals surface area contributed by atoms with Gasteiger partial charge in [0.15, 0.2) is 10.9 Å². The van der Waals surface area contributed by atoms with E-state index in [4.69, 9.17) is 4.74 Å². The van der Waals surface area contributed by atoms with E-state index in [2.05, 4.69) is 29.0 Å². The van der Waals surface area contributed by atoms with Crippen LogP contribution in [0.5, 0.6) is 5.75 Å². The Kier molecular flexibility index (Phi) is 7.99. The molecule has 1 aromatic heterocycles. The van der Waals surface area contributed by atoms with Gasteiger partial charge < -0.3 is 10.1 Å². The summed E-state index contributed by atoms with van der Waals surface area (Å²) in [5.41, 5.74) is 1.58. The van der Waals surface area contributed by atoms with Crippen LogP contribution in [0.15, 0.2) is 29.6 Å². The molecule has 0 spiro atoms. The first-order valence-corrected chi connectivity index (χ1v) is 11.5. The van der Waals surface area contributed by atoms with Gasteiger partial charge in [-0.1, -0.05) is 13.8 Å². The Morgan fingerprint density at radius 1 is 1.17 bits per heavy atom. The van der Waals surface area contributed by atoms with Crippen molar-refractivity contribution in [1.29, 1.82) is 0 Å². The number of carbonyl (C=O) groups is 2. The Morgan fingerprint density at radius 3 is 2.53 bits per heavy atom. The zero-order valence-corrected chi connectivity index (χ0v) is 18.8. The number of carbonyl (C=O) groups excluding carboxylic acids is 2. The summed E-state index contributed by atoms with van der Waals surface area (Å²) in [7, 11) is 0. The number of nitrogens with one attached hydrogen (secondary N) is 1. The summed E-state index contributed by atoms with van der Waals surface area (Å²) >= 11 is 1.44. The third-order valence-electron chi connectivity index (χ3n) is 5.19. The second-order valence-electron chi connectivity index (χ2n) is 8.21. The molecule has 0 bridgehead atoms. The van der Waals surface area contributed by atoms with Gasteiger partial charge in [0.1, 0.15) is 5.75 Å². The molecule has 1 saturated heterocycles. The minimum Gasteiger partial charge on any atom is -0.494 e. The van der Waals surface area contributed by atoms with Crippen molar-refractivity contribution in [2.24, 2.45) is 11.8 Å². The number of nitrogens with zero attached hydrogens (tertiary/aromatic N) is 2. The lowest BCUT2D eigenvalue weighted by molar-refractivity contribution is -0.116. The fourth-order valence-corrected chi connectivity index (χ4v) is 4.76. The van der Waals surface area contributed by atoms with E-state index in [9.17, 15) is 9.59 Å². The maximum absolute atomic E-state index is 12.3. The molecule has 1 amide bonds. The first kappa shape index (κ1) is 22.4. The van der Waals surface area contributed by atoms with E-state index >= 15 is 0 Å². The van der Waals surface area contributed by atoms with Gasteiger partial charge in [0.2, 0.25) is 5.91 Å². The molecule has 0 unspecified atom stereocenters. The molecule has 1 N–H and O–H groups in total. The fourth-order valence-electron chi connectivity index (χ4n) is 4.04. The first-order valence-electron chi connectivity index (χ1n) is 10.7. The van der Waals surface area contributed by atoms with Crippen molar-refractivity contribution in [1.82, 2.24) is 9.88 Å². The maximum atomic E-state index is 12.3. The van der Waals surface area contributed by atoms with E-state index < -0.39 is 0 Å². The summed E-state index contributed by atoms with van der Waals surface area (Å²) < 4.78 is 5.38. The quantitative estimate of drug-likeness (QED) is 0.589. The molecule has 1 aliphatic heterocycles. The van der Waals surface area contributed by atoms with Gasteiger partial charge in [-0.15, -0.1) is 11.3 Å². The van der Waals surface area contributed by atoms with Crippen LogP contribution in [0.4, 0.5) is 5.13 Å². The summed E-state index contributed by atoms with van der Waals surface area (Å²) in [5, 5.41) is 5.43. The summed E-state index contributed by atoms with van der Waals surface area (Å²) in [6.07, 6.45) is 1.59. The van der Waals surface area contributed by atoms with Gasteiger partial charge in [0.25, 0.3) is 0 Å². The molecular weight excluding hydrogens is 398 g/mol. The van der Waals surface area contributed by atoms with Crippen LogP contribution in [0.1, 0.15) is 56.1 Å². The Morgan fingerprint density at radius 2 is 1.87 bits per heavy atom. The van der Waals surface area contributed by atoms with E-state index in [0.717, 1.165) is 31.1 Å². The van der Waals surface area contributed by atoms with Gasteiger partial charge >= 0.3 is 0 Å². The third kappa shape index (κ3) is 6.64. The molecule has 0 radical (unpaired) electrons. The number of amides is 1. The van der Waals surface area contributed by atoms with Crippen LogP contribution in [0.2, 0.25) is 0 Å². The van der Waals surface area contributed by atoms with Crippen LogP contribution in [-0.4, -0.2) is 41.3 Å². The van der Waals surface area contributed by atoms with Gasteiger partial charge in [-0.3, -0.25) is 14.5 Å². The zero-order chi connectivity index (χ0) is 21.5. The molecule has 1 fully saturated rings. The molecule has 0 saturated carbocycles. The Bertz CT molecular complexity index is 840. The average Bonchev–Trinajstić information content (AvgIpc) is 3.12. The summed E-state index contributed by atoms with van der Waals surface area (Å²) in [6.45, 7) is 10.1. The van der Waals surface area contributed by atoms with Crippen LogP contribution in [0.3, 0.4) is 0 Å². The lowest BCUT2D eigenvalue weighted by Gasteiger charge is -2.34. The fraction of sp³-hybridized carbons (Fsp3) is 0.522. The highest BCUT2D eigenvalue weighted by atomic mass is 32.1. The number of thiazole rings is 1. The lowest BCUT2D eigenvalue weighted by atomic mass is 9.92. The Hall–Kier alpha value is -2.25. The van der Waals surface area contributed by atoms with Crippen LogP contribution >= 0.6 is 11.3 Å². The summed E-state index contributed by atoms with van der Waals surface area (Å²) in [5.74, 6) is 1.91. The number of likely N-dealkylation sites (tertiary alicyclic amines) is 1. The van der Waals surface area contributed by atoms with Gasteiger partial charge in [-0.25, -0.2) is 4.98 Å². The zero-order valence-electron chi connectivity index (χ0n) is 18.0. The normalized spacial score (nSPS) is 19.4. The van der Waals surface area contributed by atoms with Crippen molar-refractivity contribution in [3.63, 3.8) is 0 Å². The SMILES string of the molecule is CCOc1ccc(C(=O)CCC(=O)Nc2nc(CN3C[C@H](C)C[C@H](C)C3)cs2)cc1. The molecular formula is C23H31N3O3S. The molecule has 2 atom stereocenters. The number of ether oxygens (including phenoxy) is 1. The highest BCUT2D eigenvalue weighted by Crippen LogP contribution is 2.24. The van der Waals surface area contributed by atoms with E-state index in [1.165, 1.54) is 17.8 Å². The van der Waals surface area contributed by atoms with Gasteiger partial charge in [-0.05, 0) is 49.4 Å². The van der Waals surface area contributed by atoms with E-state index in [0.29, 0.717) is 29.1 Å². The van der Waals surface area contributed by atoms with Crippen LogP contribution in [0, 0.1) is 11.8 Å². The second-order valence-corrected chi connectivity index (χ2v) is 9.07.